The van der Waals surface area contributed by atoms with Crippen LogP contribution in [-0.4, -0.2) is 25.1 Å². The summed E-state index contributed by atoms with van der Waals surface area (Å²) in [5, 5.41) is 0. The number of nitrogens with zero attached hydrogens (tertiary/aromatic N) is 1. The van der Waals surface area contributed by atoms with Crippen LogP contribution in [0.5, 0.6) is 0 Å². The van der Waals surface area contributed by atoms with Gasteiger partial charge in [0.25, 0.3) is 0 Å². The molecule has 5 nitrogen and oxygen atoms in total. The van der Waals surface area contributed by atoms with Crippen molar-refractivity contribution >= 4 is 11.9 Å². The Balaban J connectivity index is 2.28. The lowest BCUT2D eigenvalue weighted by Crippen LogP contribution is -2.42. The predicted octanol–water partition coefficient (Wildman–Crippen LogP) is 1.99. The number of carbonyl (C=O) groups excluding carboxylic acids is 1. The summed E-state index contributed by atoms with van der Waals surface area (Å²) in [5.41, 5.74) is 5.31. The van der Waals surface area contributed by atoms with Crippen LogP contribution in [0.15, 0.2) is 4.99 Å². The third-order valence-electron chi connectivity index (χ3n) is 2.46. The van der Waals surface area contributed by atoms with Gasteiger partial charge in [-0.25, -0.2) is 10.2 Å². The lowest BCUT2D eigenvalue weighted by atomic mass is 10.1. The summed E-state index contributed by atoms with van der Waals surface area (Å²) in [5.74, 6) is 0.856. The molecule has 92 valence electrons. The van der Waals surface area contributed by atoms with Gasteiger partial charge in [-0.15, -0.1) is 0 Å². The van der Waals surface area contributed by atoms with Gasteiger partial charge in [-0.2, -0.15) is 0 Å². The summed E-state index contributed by atoms with van der Waals surface area (Å²) in [6.07, 6.45) is 6.47. The summed E-state index contributed by atoms with van der Waals surface area (Å²) in [6, 6.07) is 0. The molecule has 0 spiro atoms. The standard InChI is InChI=1S/C11H21N3O2/c1-2-16-11(15)14-13-10-8-6-4-3-5-7-9-12-10/h2-9H2,1H3,(H,12,13)(H,14,15). The van der Waals surface area contributed by atoms with Gasteiger partial charge in [0.15, 0.2) is 0 Å². The Morgan fingerprint density at radius 3 is 2.88 bits per heavy atom. The summed E-state index contributed by atoms with van der Waals surface area (Å²) >= 11 is 0. The number of aliphatic imine (C=N–C) groups is 1. The fourth-order valence-electron chi connectivity index (χ4n) is 1.62. The van der Waals surface area contributed by atoms with Crippen molar-refractivity contribution in [2.45, 2.75) is 45.4 Å². The fourth-order valence-corrected chi connectivity index (χ4v) is 1.62. The van der Waals surface area contributed by atoms with E-state index in [0.29, 0.717) is 6.61 Å². The highest BCUT2D eigenvalue weighted by molar-refractivity contribution is 5.84. The molecule has 1 rings (SSSR count). The van der Waals surface area contributed by atoms with Crippen molar-refractivity contribution in [3.8, 4) is 0 Å². The van der Waals surface area contributed by atoms with Gasteiger partial charge < -0.3 is 4.74 Å². The second kappa shape index (κ2) is 7.96. The van der Waals surface area contributed by atoms with E-state index in [2.05, 4.69) is 15.8 Å². The molecule has 0 bridgehead atoms. The van der Waals surface area contributed by atoms with E-state index < -0.39 is 6.09 Å². The number of hydrogen-bond acceptors (Lipinski definition) is 4. The van der Waals surface area contributed by atoms with Crippen LogP contribution < -0.4 is 10.9 Å². The van der Waals surface area contributed by atoms with Crippen molar-refractivity contribution in [2.24, 2.45) is 4.99 Å². The molecule has 16 heavy (non-hydrogen) atoms. The fraction of sp³-hybridized carbons (Fsp3) is 0.818. The first-order valence-corrected chi connectivity index (χ1v) is 6.05. The molecule has 2 N–H and O–H groups in total. The number of hydrogen-bond donors (Lipinski definition) is 2. The average molecular weight is 227 g/mol. The second-order valence-corrected chi connectivity index (χ2v) is 3.82. The SMILES string of the molecule is CCOC(=O)NNC1=NCCCCCCC1. The molecular formula is C11H21N3O2. The van der Waals surface area contributed by atoms with Crippen molar-refractivity contribution in [2.75, 3.05) is 13.2 Å². The van der Waals surface area contributed by atoms with E-state index in [9.17, 15) is 4.79 Å². The van der Waals surface area contributed by atoms with Gasteiger partial charge in [-0.3, -0.25) is 10.4 Å². The third-order valence-corrected chi connectivity index (χ3v) is 2.46. The largest absolute Gasteiger partial charge is 0.449 e. The van der Waals surface area contributed by atoms with E-state index in [1.807, 2.05) is 0 Å². The zero-order valence-corrected chi connectivity index (χ0v) is 9.92. The topological polar surface area (TPSA) is 62.7 Å². The Labute approximate surface area is 96.6 Å². The zero-order valence-electron chi connectivity index (χ0n) is 9.92. The molecule has 0 aromatic rings. The van der Waals surface area contributed by atoms with Gasteiger partial charge in [0.2, 0.25) is 0 Å². The molecule has 0 fully saturated rings. The van der Waals surface area contributed by atoms with Gasteiger partial charge >= 0.3 is 6.09 Å². The van der Waals surface area contributed by atoms with Crippen LogP contribution in [-0.2, 0) is 4.74 Å². The molecule has 0 atom stereocenters. The Morgan fingerprint density at radius 1 is 1.31 bits per heavy atom. The first kappa shape index (κ1) is 12.8. The van der Waals surface area contributed by atoms with Crippen LogP contribution in [0.2, 0.25) is 0 Å². The summed E-state index contributed by atoms with van der Waals surface area (Å²) < 4.78 is 4.75. The van der Waals surface area contributed by atoms with Crippen LogP contribution in [0.1, 0.15) is 45.4 Å². The lowest BCUT2D eigenvalue weighted by Gasteiger charge is -2.10. The van der Waals surface area contributed by atoms with Gasteiger partial charge in [0.1, 0.15) is 5.84 Å². The highest BCUT2D eigenvalue weighted by Gasteiger charge is 2.04. The smallest absolute Gasteiger partial charge is 0.425 e. The maximum atomic E-state index is 11.1. The monoisotopic (exact) mass is 227 g/mol. The highest BCUT2D eigenvalue weighted by Crippen LogP contribution is 2.08. The Kier molecular flexibility index (Phi) is 6.37. The van der Waals surface area contributed by atoms with E-state index in [4.69, 9.17) is 4.74 Å². The second-order valence-electron chi connectivity index (χ2n) is 3.82. The molecular weight excluding hydrogens is 206 g/mol. The Hall–Kier alpha value is -1.26. The molecule has 0 unspecified atom stereocenters. The van der Waals surface area contributed by atoms with Crippen molar-refractivity contribution in [1.29, 1.82) is 0 Å². The number of carbonyl (C=O) groups is 1. The molecule has 0 saturated carbocycles. The Morgan fingerprint density at radius 2 is 2.06 bits per heavy atom. The quantitative estimate of drug-likeness (QED) is 0.673. The van der Waals surface area contributed by atoms with Crippen LogP contribution in [0.3, 0.4) is 0 Å². The van der Waals surface area contributed by atoms with Crippen LogP contribution in [0, 0.1) is 0 Å². The average Bonchev–Trinajstić information content (AvgIpc) is 2.40. The van der Waals surface area contributed by atoms with Gasteiger partial charge in [-0.05, 0) is 19.8 Å². The molecule has 1 aliphatic rings. The maximum absolute atomic E-state index is 11.1. The first-order valence-electron chi connectivity index (χ1n) is 6.05. The van der Waals surface area contributed by atoms with E-state index in [0.717, 1.165) is 31.6 Å². The van der Waals surface area contributed by atoms with Crippen molar-refractivity contribution in [3.05, 3.63) is 0 Å². The molecule has 0 radical (unpaired) electrons. The number of nitrogens with one attached hydrogen (secondary N) is 2. The number of amidine groups is 1. The predicted molar refractivity (Wildman–Crippen MR) is 63.3 cm³/mol. The summed E-state index contributed by atoms with van der Waals surface area (Å²) in [6.45, 7) is 2.99. The molecule has 1 heterocycles. The Bertz CT molecular complexity index is 241. The molecule has 0 aromatic heterocycles. The molecule has 1 aliphatic heterocycles. The van der Waals surface area contributed by atoms with Crippen molar-refractivity contribution < 1.29 is 9.53 Å². The minimum absolute atomic E-state index is 0.375. The van der Waals surface area contributed by atoms with Gasteiger partial charge in [-0.1, -0.05) is 19.3 Å². The normalized spacial score (nSPS) is 17.4. The van der Waals surface area contributed by atoms with Crippen LogP contribution in [0.25, 0.3) is 0 Å². The minimum atomic E-state index is -0.454. The third kappa shape index (κ3) is 5.58. The first-order chi connectivity index (χ1) is 7.83. The van der Waals surface area contributed by atoms with E-state index >= 15 is 0 Å². The van der Waals surface area contributed by atoms with E-state index in [-0.39, 0.29) is 0 Å². The molecule has 5 heteroatoms. The number of amides is 1. The van der Waals surface area contributed by atoms with Crippen molar-refractivity contribution in [3.63, 3.8) is 0 Å². The molecule has 0 saturated heterocycles. The van der Waals surface area contributed by atoms with E-state index in [1.54, 1.807) is 6.92 Å². The number of hydrazine groups is 1. The summed E-state index contributed by atoms with van der Waals surface area (Å²) in [7, 11) is 0. The van der Waals surface area contributed by atoms with Gasteiger partial charge in [0, 0.05) is 13.0 Å². The highest BCUT2D eigenvalue weighted by atomic mass is 16.5. The van der Waals surface area contributed by atoms with Crippen LogP contribution >= 0.6 is 0 Å². The number of ether oxygens (including phenoxy) is 1. The molecule has 1 amide bonds. The lowest BCUT2D eigenvalue weighted by molar-refractivity contribution is 0.150. The minimum Gasteiger partial charge on any atom is -0.449 e. The number of rotatable bonds is 1. The molecule has 0 aromatic carbocycles. The molecule has 0 aliphatic carbocycles. The van der Waals surface area contributed by atoms with Gasteiger partial charge in [0.05, 0.1) is 6.61 Å². The zero-order chi connectivity index (χ0) is 11.6. The van der Waals surface area contributed by atoms with E-state index in [1.165, 1.54) is 19.3 Å². The maximum Gasteiger partial charge on any atom is 0.425 e. The summed E-state index contributed by atoms with van der Waals surface area (Å²) in [4.78, 5) is 15.5. The van der Waals surface area contributed by atoms with Crippen molar-refractivity contribution in [1.82, 2.24) is 10.9 Å². The van der Waals surface area contributed by atoms with Crippen LogP contribution in [0.4, 0.5) is 4.79 Å².